The summed E-state index contributed by atoms with van der Waals surface area (Å²) in [6, 6.07) is 0. The average molecular weight is 243 g/mol. The Morgan fingerprint density at radius 1 is 1.33 bits per heavy atom. The Morgan fingerprint density at radius 2 is 1.87 bits per heavy atom. The minimum Gasteiger partial charge on any atom is -0.346 e. The Labute approximate surface area is 92.0 Å². The van der Waals surface area contributed by atoms with Gasteiger partial charge in [0.1, 0.15) is 6.54 Å². The highest BCUT2D eigenvalue weighted by atomic mass is 32.2. The van der Waals surface area contributed by atoms with Gasteiger partial charge in [-0.05, 0) is 18.6 Å². The molecule has 0 aliphatic rings. The monoisotopic (exact) mass is 243 g/mol. The number of carbonyl (C=O) groups is 1. The molecule has 0 fully saturated rings. The van der Waals surface area contributed by atoms with E-state index in [1.807, 2.05) is 19.2 Å². The summed E-state index contributed by atoms with van der Waals surface area (Å²) in [5.41, 5.74) is 0. The maximum Gasteiger partial charge on any atom is 0.405 e. The van der Waals surface area contributed by atoms with Gasteiger partial charge in [0.25, 0.3) is 0 Å². The van der Waals surface area contributed by atoms with Crippen molar-refractivity contribution in [2.24, 2.45) is 5.92 Å². The third-order valence-electron chi connectivity index (χ3n) is 1.51. The molecule has 0 aliphatic carbocycles. The van der Waals surface area contributed by atoms with Crippen molar-refractivity contribution in [3.63, 3.8) is 0 Å². The molecule has 0 saturated heterocycles. The van der Waals surface area contributed by atoms with Gasteiger partial charge in [0.15, 0.2) is 0 Å². The predicted molar refractivity (Wildman–Crippen MR) is 55.8 cm³/mol. The lowest BCUT2D eigenvalue weighted by Crippen LogP contribution is -2.38. The van der Waals surface area contributed by atoms with Crippen LogP contribution in [0.3, 0.4) is 0 Å². The lowest BCUT2D eigenvalue weighted by atomic mass is 10.3. The zero-order valence-electron chi connectivity index (χ0n) is 9.02. The quantitative estimate of drug-likeness (QED) is 0.803. The molecule has 0 radical (unpaired) electrons. The van der Waals surface area contributed by atoms with Gasteiger partial charge in [0.05, 0.1) is 5.25 Å². The standard InChI is InChI=1S/C9H16F3NOS/c1-6(2)4-15-7(3)8(14)13-5-9(10,11)12/h6-7H,4-5H2,1-3H3,(H,13,14)/t7-/m1/s1. The summed E-state index contributed by atoms with van der Waals surface area (Å²) >= 11 is 1.36. The van der Waals surface area contributed by atoms with Crippen molar-refractivity contribution in [3.8, 4) is 0 Å². The van der Waals surface area contributed by atoms with E-state index in [1.54, 1.807) is 6.92 Å². The van der Waals surface area contributed by atoms with E-state index in [1.165, 1.54) is 11.8 Å². The van der Waals surface area contributed by atoms with Crippen LogP contribution in [-0.2, 0) is 4.79 Å². The molecule has 2 nitrogen and oxygen atoms in total. The third-order valence-corrected chi connectivity index (χ3v) is 3.09. The van der Waals surface area contributed by atoms with Crippen LogP contribution in [0.2, 0.25) is 0 Å². The van der Waals surface area contributed by atoms with Crippen molar-refractivity contribution in [1.82, 2.24) is 5.32 Å². The molecule has 0 spiro atoms. The maximum absolute atomic E-state index is 11.8. The highest BCUT2D eigenvalue weighted by Gasteiger charge is 2.28. The summed E-state index contributed by atoms with van der Waals surface area (Å²) in [7, 11) is 0. The normalized spacial score (nSPS) is 14.1. The molecule has 0 bridgehead atoms. The third kappa shape index (κ3) is 8.59. The number of nitrogens with one attached hydrogen (secondary N) is 1. The topological polar surface area (TPSA) is 29.1 Å². The van der Waals surface area contributed by atoms with Crippen molar-refractivity contribution >= 4 is 17.7 Å². The van der Waals surface area contributed by atoms with Crippen LogP contribution in [0.1, 0.15) is 20.8 Å². The second-order valence-corrected chi connectivity index (χ2v) is 5.08. The fourth-order valence-electron chi connectivity index (χ4n) is 0.744. The Bertz CT molecular complexity index is 206. The van der Waals surface area contributed by atoms with E-state index >= 15 is 0 Å². The molecular weight excluding hydrogens is 227 g/mol. The molecular formula is C9H16F3NOS. The summed E-state index contributed by atoms with van der Waals surface area (Å²) in [6.45, 7) is 4.35. The van der Waals surface area contributed by atoms with Crippen molar-refractivity contribution in [2.75, 3.05) is 12.3 Å². The molecule has 0 saturated carbocycles. The second-order valence-electron chi connectivity index (χ2n) is 3.70. The molecule has 0 aromatic rings. The van der Waals surface area contributed by atoms with Crippen LogP contribution in [0.5, 0.6) is 0 Å². The van der Waals surface area contributed by atoms with Crippen molar-refractivity contribution in [3.05, 3.63) is 0 Å². The SMILES string of the molecule is CC(C)CS[C@H](C)C(=O)NCC(F)(F)F. The molecule has 0 aliphatic heterocycles. The van der Waals surface area contributed by atoms with Crippen molar-refractivity contribution in [1.29, 1.82) is 0 Å². The van der Waals surface area contributed by atoms with Crippen LogP contribution in [0, 0.1) is 5.92 Å². The molecule has 1 atom stereocenters. The fraction of sp³-hybridized carbons (Fsp3) is 0.889. The number of carbonyl (C=O) groups excluding carboxylic acids is 1. The molecule has 0 rings (SSSR count). The van der Waals surface area contributed by atoms with Crippen LogP contribution in [0.15, 0.2) is 0 Å². The number of rotatable bonds is 5. The Balaban J connectivity index is 3.80. The lowest BCUT2D eigenvalue weighted by molar-refractivity contribution is -0.137. The summed E-state index contributed by atoms with van der Waals surface area (Å²) in [5, 5.41) is 1.43. The maximum atomic E-state index is 11.8. The first-order valence-electron chi connectivity index (χ1n) is 4.68. The summed E-state index contributed by atoms with van der Waals surface area (Å²) < 4.78 is 35.3. The van der Waals surface area contributed by atoms with Crippen LogP contribution >= 0.6 is 11.8 Å². The van der Waals surface area contributed by atoms with Crippen LogP contribution < -0.4 is 5.32 Å². The molecule has 15 heavy (non-hydrogen) atoms. The van der Waals surface area contributed by atoms with Gasteiger partial charge in [0.2, 0.25) is 5.91 Å². The van der Waals surface area contributed by atoms with Gasteiger partial charge in [-0.1, -0.05) is 13.8 Å². The van der Waals surface area contributed by atoms with E-state index in [9.17, 15) is 18.0 Å². The Morgan fingerprint density at radius 3 is 2.27 bits per heavy atom. The minimum absolute atomic E-state index is 0.424. The first-order chi connectivity index (χ1) is 6.72. The van der Waals surface area contributed by atoms with Crippen molar-refractivity contribution < 1.29 is 18.0 Å². The average Bonchev–Trinajstić information content (AvgIpc) is 2.08. The van der Waals surface area contributed by atoms with Crippen molar-refractivity contribution in [2.45, 2.75) is 32.2 Å². The van der Waals surface area contributed by atoms with Gasteiger partial charge in [-0.15, -0.1) is 11.8 Å². The first kappa shape index (κ1) is 14.6. The molecule has 1 amide bonds. The van der Waals surface area contributed by atoms with Gasteiger partial charge >= 0.3 is 6.18 Å². The Kier molecular flexibility index (Phi) is 6.09. The van der Waals surface area contributed by atoms with E-state index in [0.29, 0.717) is 5.92 Å². The van der Waals surface area contributed by atoms with Crippen LogP contribution in [-0.4, -0.2) is 29.6 Å². The van der Waals surface area contributed by atoms with Gasteiger partial charge in [-0.25, -0.2) is 0 Å². The minimum atomic E-state index is -4.34. The molecule has 0 unspecified atom stereocenters. The second kappa shape index (κ2) is 6.25. The van der Waals surface area contributed by atoms with Gasteiger partial charge < -0.3 is 5.32 Å². The summed E-state index contributed by atoms with van der Waals surface area (Å²) in [4.78, 5) is 11.2. The molecule has 0 aromatic heterocycles. The number of hydrogen-bond acceptors (Lipinski definition) is 2. The fourth-order valence-corrected chi connectivity index (χ4v) is 1.65. The Hall–Kier alpha value is -0.390. The molecule has 6 heteroatoms. The van der Waals surface area contributed by atoms with E-state index in [4.69, 9.17) is 0 Å². The number of halogens is 3. The number of thioether (sulfide) groups is 1. The summed E-state index contributed by atoms with van der Waals surface area (Å²) in [5.74, 6) is 0.631. The zero-order valence-corrected chi connectivity index (χ0v) is 9.84. The van der Waals surface area contributed by atoms with Gasteiger partial charge in [-0.3, -0.25) is 4.79 Å². The number of amides is 1. The largest absolute Gasteiger partial charge is 0.405 e. The lowest BCUT2D eigenvalue weighted by Gasteiger charge is -2.14. The van der Waals surface area contributed by atoms with Gasteiger partial charge in [-0.2, -0.15) is 13.2 Å². The smallest absolute Gasteiger partial charge is 0.346 e. The van der Waals surface area contributed by atoms with E-state index < -0.39 is 23.9 Å². The van der Waals surface area contributed by atoms with E-state index in [2.05, 4.69) is 0 Å². The number of alkyl halides is 3. The molecule has 1 N–H and O–H groups in total. The molecule has 0 aromatic carbocycles. The predicted octanol–water partition coefficient (Wildman–Crippen LogP) is 2.44. The van der Waals surface area contributed by atoms with Crippen LogP contribution in [0.4, 0.5) is 13.2 Å². The van der Waals surface area contributed by atoms with Crippen LogP contribution in [0.25, 0.3) is 0 Å². The molecule has 90 valence electrons. The van der Waals surface area contributed by atoms with E-state index in [-0.39, 0.29) is 0 Å². The number of hydrogen-bond donors (Lipinski definition) is 1. The zero-order chi connectivity index (χ0) is 12.1. The highest BCUT2D eigenvalue weighted by Crippen LogP contribution is 2.16. The molecule has 0 heterocycles. The highest BCUT2D eigenvalue weighted by molar-refractivity contribution is 8.00. The summed E-state index contributed by atoms with van der Waals surface area (Å²) in [6.07, 6.45) is -4.34. The first-order valence-corrected chi connectivity index (χ1v) is 5.73. The van der Waals surface area contributed by atoms with E-state index in [0.717, 1.165) is 5.75 Å². The van der Waals surface area contributed by atoms with Gasteiger partial charge in [0, 0.05) is 0 Å².